The third-order valence-electron chi connectivity index (χ3n) is 4.90. The minimum atomic E-state index is -0.411. The number of amides is 1. The molecule has 5 nitrogen and oxygen atoms in total. The van der Waals surface area contributed by atoms with Gasteiger partial charge in [0.1, 0.15) is 6.10 Å². The minimum absolute atomic E-state index is 0.0182. The third-order valence-corrected chi connectivity index (χ3v) is 4.90. The Balaban J connectivity index is 1.42. The van der Waals surface area contributed by atoms with Crippen LogP contribution in [0.1, 0.15) is 33.1 Å². The van der Waals surface area contributed by atoms with Gasteiger partial charge in [0.15, 0.2) is 0 Å². The topological polar surface area (TPSA) is 52.5 Å². The summed E-state index contributed by atoms with van der Waals surface area (Å²) in [5.74, 6) is 0.125. The number of nitrogens with zero attached hydrogens (tertiary/aromatic N) is 1. The van der Waals surface area contributed by atoms with Crippen molar-refractivity contribution in [3.63, 3.8) is 0 Å². The van der Waals surface area contributed by atoms with Crippen molar-refractivity contribution in [1.29, 1.82) is 0 Å². The summed E-state index contributed by atoms with van der Waals surface area (Å²) in [6.45, 7) is 6.89. The lowest BCUT2D eigenvalue weighted by molar-refractivity contribution is -0.138. The molecule has 1 fully saturated rings. The van der Waals surface area contributed by atoms with Crippen molar-refractivity contribution in [3.8, 4) is 0 Å². The summed E-state index contributed by atoms with van der Waals surface area (Å²) in [6.07, 6.45) is 4.84. The van der Waals surface area contributed by atoms with Gasteiger partial charge in [-0.2, -0.15) is 0 Å². The van der Waals surface area contributed by atoms with Crippen molar-refractivity contribution in [3.05, 3.63) is 36.5 Å². The number of aryl methyl sites for hydroxylation is 1. The first-order chi connectivity index (χ1) is 12.6. The predicted octanol–water partition coefficient (Wildman–Crippen LogP) is 3.37. The number of rotatable bonds is 9. The molecule has 142 valence electrons. The molecular weight excluding hydrogens is 328 g/mol. The van der Waals surface area contributed by atoms with Crippen molar-refractivity contribution in [2.24, 2.45) is 5.92 Å². The average molecular weight is 358 g/mol. The summed E-state index contributed by atoms with van der Waals surface area (Å²) in [5, 5.41) is 4.28. The summed E-state index contributed by atoms with van der Waals surface area (Å²) in [6, 6.07) is 10.5. The summed E-state index contributed by atoms with van der Waals surface area (Å²) < 4.78 is 13.7. The maximum absolute atomic E-state index is 12.5. The highest BCUT2D eigenvalue weighted by Crippen LogP contribution is 2.16. The zero-order valence-electron chi connectivity index (χ0n) is 15.8. The molecule has 1 aliphatic rings. The molecule has 0 saturated carbocycles. The monoisotopic (exact) mass is 358 g/mol. The molecule has 2 atom stereocenters. The number of carbonyl (C=O) groups is 1. The summed E-state index contributed by atoms with van der Waals surface area (Å²) in [4.78, 5) is 12.5. The third kappa shape index (κ3) is 4.86. The van der Waals surface area contributed by atoms with E-state index in [0.717, 1.165) is 32.4 Å². The van der Waals surface area contributed by atoms with E-state index in [4.69, 9.17) is 9.47 Å². The Morgan fingerprint density at radius 2 is 2.19 bits per heavy atom. The maximum Gasteiger partial charge on any atom is 0.249 e. The molecule has 26 heavy (non-hydrogen) atoms. The van der Waals surface area contributed by atoms with Crippen LogP contribution in [0.15, 0.2) is 36.5 Å². The summed E-state index contributed by atoms with van der Waals surface area (Å²) in [5.41, 5.74) is 1.23. The van der Waals surface area contributed by atoms with Crippen LogP contribution in [0, 0.1) is 5.92 Å². The van der Waals surface area contributed by atoms with E-state index in [2.05, 4.69) is 46.4 Å². The number of ether oxygens (including phenoxy) is 2. The number of carbonyl (C=O) groups excluding carboxylic acids is 1. The van der Waals surface area contributed by atoms with Gasteiger partial charge in [0.2, 0.25) is 5.91 Å². The van der Waals surface area contributed by atoms with Crippen LogP contribution < -0.4 is 5.32 Å². The molecule has 0 radical (unpaired) electrons. The van der Waals surface area contributed by atoms with Crippen molar-refractivity contribution in [2.45, 2.75) is 51.9 Å². The maximum atomic E-state index is 12.5. The van der Waals surface area contributed by atoms with E-state index in [1.165, 1.54) is 10.9 Å². The van der Waals surface area contributed by atoms with Gasteiger partial charge in [-0.1, -0.05) is 32.0 Å². The lowest BCUT2D eigenvalue weighted by atomic mass is 10.1. The van der Waals surface area contributed by atoms with Crippen molar-refractivity contribution < 1.29 is 14.3 Å². The number of hydrogen-bond donors (Lipinski definition) is 1. The Labute approximate surface area is 155 Å². The number of fused-ring (bicyclic) bond motifs is 1. The standard InChI is InChI=1S/C21H30N2O3/c1-16(2)20(26-15-18-8-5-14-25-18)21(24)22-11-6-12-23-13-10-17-7-3-4-9-19(17)23/h3-4,7,9-10,13,16,18,20H,5-6,8,11-12,14-15H2,1-2H3,(H,22,24)/t18-,20+/m0/s1. The van der Waals surface area contributed by atoms with Gasteiger partial charge < -0.3 is 19.4 Å². The number of para-hydroxylation sites is 1. The highest BCUT2D eigenvalue weighted by molar-refractivity contribution is 5.81. The summed E-state index contributed by atoms with van der Waals surface area (Å²) in [7, 11) is 0. The van der Waals surface area contributed by atoms with Crippen molar-refractivity contribution >= 4 is 16.8 Å². The van der Waals surface area contributed by atoms with Crippen LogP contribution in [-0.2, 0) is 20.8 Å². The number of benzene rings is 1. The van der Waals surface area contributed by atoms with Gasteiger partial charge in [-0.25, -0.2) is 0 Å². The van der Waals surface area contributed by atoms with E-state index >= 15 is 0 Å². The first-order valence-electron chi connectivity index (χ1n) is 9.70. The van der Waals surface area contributed by atoms with Gasteiger partial charge >= 0.3 is 0 Å². The largest absolute Gasteiger partial charge is 0.376 e. The molecule has 5 heteroatoms. The second-order valence-electron chi connectivity index (χ2n) is 7.35. The highest BCUT2D eigenvalue weighted by atomic mass is 16.5. The van der Waals surface area contributed by atoms with Gasteiger partial charge in [0, 0.05) is 31.4 Å². The number of nitrogens with one attached hydrogen (secondary N) is 1. The van der Waals surface area contributed by atoms with Gasteiger partial charge in [0.25, 0.3) is 0 Å². The number of aromatic nitrogens is 1. The van der Waals surface area contributed by atoms with E-state index in [9.17, 15) is 4.79 Å². The second kappa shape index (κ2) is 9.19. The Morgan fingerprint density at radius 1 is 1.35 bits per heavy atom. The molecule has 0 aliphatic carbocycles. The molecule has 1 aliphatic heterocycles. The van der Waals surface area contributed by atoms with Crippen molar-refractivity contribution in [1.82, 2.24) is 9.88 Å². The van der Waals surface area contributed by atoms with Gasteiger partial charge in [-0.15, -0.1) is 0 Å². The minimum Gasteiger partial charge on any atom is -0.376 e. The molecule has 0 bridgehead atoms. The van der Waals surface area contributed by atoms with Crippen LogP contribution in [0.5, 0.6) is 0 Å². The average Bonchev–Trinajstić information content (AvgIpc) is 3.28. The van der Waals surface area contributed by atoms with Crippen LogP contribution in [-0.4, -0.2) is 42.4 Å². The molecule has 1 saturated heterocycles. The van der Waals surface area contributed by atoms with Crippen molar-refractivity contribution in [2.75, 3.05) is 19.8 Å². The Hall–Kier alpha value is -1.85. The fourth-order valence-corrected chi connectivity index (χ4v) is 3.45. The van der Waals surface area contributed by atoms with Crippen LogP contribution in [0.3, 0.4) is 0 Å². The quantitative estimate of drug-likeness (QED) is 0.699. The molecular formula is C21H30N2O3. The molecule has 0 unspecified atom stereocenters. The van der Waals surface area contributed by atoms with E-state index in [-0.39, 0.29) is 17.9 Å². The van der Waals surface area contributed by atoms with Crippen LogP contribution in [0.25, 0.3) is 10.9 Å². The molecule has 0 spiro atoms. The molecule has 3 rings (SSSR count). The zero-order chi connectivity index (χ0) is 18.4. The normalized spacial score (nSPS) is 18.5. The molecule has 1 N–H and O–H groups in total. The smallest absolute Gasteiger partial charge is 0.249 e. The SMILES string of the molecule is CC(C)[C@@H](OC[C@@H]1CCCO1)C(=O)NCCCn1ccc2ccccc21. The molecule has 2 heterocycles. The highest BCUT2D eigenvalue weighted by Gasteiger charge is 2.25. The lowest BCUT2D eigenvalue weighted by Crippen LogP contribution is -2.41. The van der Waals surface area contributed by atoms with Gasteiger partial charge in [0.05, 0.1) is 12.7 Å². The fraction of sp³-hybridized carbons (Fsp3) is 0.571. The molecule has 2 aromatic rings. The predicted molar refractivity (Wildman–Crippen MR) is 103 cm³/mol. The Morgan fingerprint density at radius 3 is 2.96 bits per heavy atom. The van der Waals surface area contributed by atoms with E-state index < -0.39 is 6.10 Å². The van der Waals surface area contributed by atoms with Gasteiger partial charge in [-0.05, 0) is 42.7 Å². The van der Waals surface area contributed by atoms with E-state index in [1.807, 2.05) is 13.8 Å². The lowest BCUT2D eigenvalue weighted by Gasteiger charge is -2.22. The van der Waals surface area contributed by atoms with Gasteiger partial charge in [-0.3, -0.25) is 4.79 Å². The fourth-order valence-electron chi connectivity index (χ4n) is 3.45. The summed E-state index contributed by atoms with van der Waals surface area (Å²) >= 11 is 0. The first-order valence-corrected chi connectivity index (χ1v) is 9.70. The zero-order valence-corrected chi connectivity index (χ0v) is 15.8. The van der Waals surface area contributed by atoms with Crippen LogP contribution in [0.2, 0.25) is 0 Å². The van der Waals surface area contributed by atoms with Crippen LogP contribution in [0.4, 0.5) is 0 Å². The Kier molecular flexibility index (Phi) is 6.69. The molecule has 1 aromatic heterocycles. The van der Waals surface area contributed by atoms with E-state index in [0.29, 0.717) is 13.2 Å². The molecule has 1 aromatic carbocycles. The second-order valence-corrected chi connectivity index (χ2v) is 7.35. The first kappa shape index (κ1) is 18.9. The number of hydrogen-bond acceptors (Lipinski definition) is 3. The van der Waals surface area contributed by atoms with Crippen LogP contribution >= 0.6 is 0 Å². The van der Waals surface area contributed by atoms with E-state index in [1.54, 1.807) is 0 Å². The Bertz CT molecular complexity index is 704. The molecule has 1 amide bonds.